The molecule has 0 saturated heterocycles. The average Bonchev–Trinajstić information content (AvgIpc) is 3.05. The van der Waals surface area contributed by atoms with Crippen molar-refractivity contribution >= 4 is 33.4 Å². The van der Waals surface area contributed by atoms with Gasteiger partial charge in [-0.25, -0.2) is 4.79 Å². The Morgan fingerprint density at radius 3 is 2.52 bits per heavy atom. The molecule has 6 heteroatoms. The summed E-state index contributed by atoms with van der Waals surface area (Å²) in [7, 11) is 1.64. The maximum atomic E-state index is 12.7. The molecule has 3 N–H and O–H groups in total. The summed E-state index contributed by atoms with van der Waals surface area (Å²) in [5.74, 6) is 0.372. The van der Waals surface area contributed by atoms with E-state index in [-0.39, 0.29) is 17.5 Å². The van der Waals surface area contributed by atoms with Crippen molar-refractivity contribution in [2.75, 3.05) is 12.4 Å². The van der Waals surface area contributed by atoms with Gasteiger partial charge in [0, 0.05) is 5.69 Å². The molecule has 0 aliphatic heterocycles. The van der Waals surface area contributed by atoms with Gasteiger partial charge in [0.1, 0.15) is 5.75 Å². The van der Waals surface area contributed by atoms with E-state index < -0.39 is 0 Å². The first-order chi connectivity index (χ1) is 13.0. The summed E-state index contributed by atoms with van der Waals surface area (Å²) in [6.45, 7) is 1.87. The molecule has 27 heavy (non-hydrogen) atoms. The molecule has 1 amide bonds. The van der Waals surface area contributed by atoms with E-state index in [0.717, 1.165) is 22.1 Å². The third kappa shape index (κ3) is 3.29. The van der Waals surface area contributed by atoms with Crippen LogP contribution in [0.15, 0.2) is 59.4 Å². The van der Waals surface area contributed by atoms with E-state index in [2.05, 4.69) is 15.3 Å². The highest BCUT2D eigenvalue weighted by Gasteiger charge is 2.16. The third-order valence-electron chi connectivity index (χ3n) is 4.75. The summed E-state index contributed by atoms with van der Waals surface area (Å²) in [5, 5.41) is 5.03. The van der Waals surface area contributed by atoms with Gasteiger partial charge in [0.15, 0.2) is 0 Å². The number of benzene rings is 3. The van der Waals surface area contributed by atoms with Crippen LogP contribution in [0.4, 0.5) is 5.69 Å². The van der Waals surface area contributed by atoms with Crippen LogP contribution in [0.25, 0.3) is 21.8 Å². The Balaban J connectivity index is 1.57. The molecule has 0 fully saturated rings. The Morgan fingerprint density at radius 1 is 0.963 bits per heavy atom. The van der Waals surface area contributed by atoms with Gasteiger partial charge in [0.25, 0.3) is 0 Å². The molecule has 0 saturated carbocycles. The predicted octanol–water partition coefficient (Wildman–Crippen LogP) is 3.76. The zero-order valence-electron chi connectivity index (χ0n) is 15.0. The molecule has 3 aromatic carbocycles. The Bertz CT molecular complexity index is 1210. The third-order valence-corrected chi connectivity index (χ3v) is 4.75. The lowest BCUT2D eigenvalue weighted by molar-refractivity contribution is -0.117. The van der Waals surface area contributed by atoms with Crippen molar-refractivity contribution in [1.82, 2.24) is 9.97 Å². The fraction of sp³-hybridized carbons (Fsp3) is 0.143. The van der Waals surface area contributed by atoms with Crippen LogP contribution >= 0.6 is 0 Å². The van der Waals surface area contributed by atoms with Crippen molar-refractivity contribution < 1.29 is 9.53 Å². The largest absolute Gasteiger partial charge is 0.497 e. The lowest BCUT2D eigenvalue weighted by atomic mass is 9.97. The van der Waals surface area contributed by atoms with Crippen molar-refractivity contribution in [2.24, 2.45) is 0 Å². The number of amides is 1. The highest BCUT2D eigenvalue weighted by atomic mass is 16.5. The number of carbonyl (C=O) groups excluding carboxylic acids is 1. The second kappa shape index (κ2) is 6.64. The lowest BCUT2D eigenvalue weighted by Crippen LogP contribution is -2.18. The number of H-pyrrole nitrogens is 2. The van der Waals surface area contributed by atoms with Crippen LogP contribution < -0.4 is 15.7 Å². The summed E-state index contributed by atoms with van der Waals surface area (Å²) >= 11 is 0. The fourth-order valence-electron chi connectivity index (χ4n) is 3.15. The minimum atomic E-state index is -0.322. The molecular formula is C21H19N3O3. The van der Waals surface area contributed by atoms with E-state index in [4.69, 9.17) is 4.74 Å². The summed E-state index contributed by atoms with van der Waals surface area (Å²) in [4.78, 5) is 29.4. The molecule has 0 aliphatic rings. The maximum Gasteiger partial charge on any atom is 0.323 e. The molecule has 4 rings (SSSR count). The Labute approximate surface area is 155 Å². The molecule has 136 valence electrons. The van der Waals surface area contributed by atoms with Crippen LogP contribution in [0.2, 0.25) is 0 Å². The summed E-state index contributed by atoms with van der Waals surface area (Å²) in [6, 6.07) is 17.1. The van der Waals surface area contributed by atoms with Gasteiger partial charge in [-0.2, -0.15) is 0 Å². The van der Waals surface area contributed by atoms with E-state index in [1.54, 1.807) is 25.3 Å². The molecule has 0 radical (unpaired) electrons. The number of aromatic amines is 2. The van der Waals surface area contributed by atoms with Gasteiger partial charge in [-0.1, -0.05) is 24.3 Å². The number of aromatic nitrogens is 2. The van der Waals surface area contributed by atoms with E-state index >= 15 is 0 Å². The highest BCUT2D eigenvalue weighted by molar-refractivity contribution is 5.97. The smallest absolute Gasteiger partial charge is 0.323 e. The number of rotatable bonds is 4. The molecule has 0 bridgehead atoms. The van der Waals surface area contributed by atoms with E-state index in [1.807, 2.05) is 43.3 Å². The maximum absolute atomic E-state index is 12.7. The highest BCUT2D eigenvalue weighted by Crippen LogP contribution is 2.26. The van der Waals surface area contributed by atoms with Crippen molar-refractivity contribution in [3.05, 3.63) is 70.6 Å². The Kier molecular flexibility index (Phi) is 4.16. The number of fused-ring (bicyclic) bond motifs is 2. The minimum absolute atomic E-state index is 0.111. The molecule has 4 aromatic rings. The number of anilines is 1. The molecule has 1 unspecified atom stereocenters. The van der Waals surface area contributed by atoms with Gasteiger partial charge in [-0.15, -0.1) is 0 Å². The van der Waals surface area contributed by atoms with Crippen LogP contribution in [-0.4, -0.2) is 23.0 Å². The first-order valence-corrected chi connectivity index (χ1v) is 8.64. The van der Waals surface area contributed by atoms with Crippen LogP contribution in [0, 0.1) is 0 Å². The normalized spacial score (nSPS) is 12.2. The van der Waals surface area contributed by atoms with E-state index in [9.17, 15) is 9.59 Å². The molecule has 1 atom stereocenters. The van der Waals surface area contributed by atoms with Crippen molar-refractivity contribution in [3.63, 3.8) is 0 Å². The predicted molar refractivity (Wildman–Crippen MR) is 106 cm³/mol. The first-order valence-electron chi connectivity index (χ1n) is 8.64. The van der Waals surface area contributed by atoms with E-state index in [0.29, 0.717) is 16.7 Å². The number of methoxy groups -OCH3 is 1. The number of carbonyl (C=O) groups is 1. The molecule has 0 aliphatic carbocycles. The van der Waals surface area contributed by atoms with Crippen LogP contribution in [0.1, 0.15) is 18.4 Å². The zero-order valence-corrected chi connectivity index (χ0v) is 15.0. The van der Waals surface area contributed by atoms with Crippen molar-refractivity contribution in [1.29, 1.82) is 0 Å². The quantitative estimate of drug-likeness (QED) is 0.517. The lowest BCUT2D eigenvalue weighted by Gasteiger charge is -2.14. The van der Waals surface area contributed by atoms with Crippen LogP contribution in [-0.2, 0) is 4.79 Å². The monoisotopic (exact) mass is 361 g/mol. The Morgan fingerprint density at radius 2 is 1.70 bits per heavy atom. The zero-order chi connectivity index (χ0) is 19.0. The summed E-state index contributed by atoms with van der Waals surface area (Å²) in [5.41, 5.74) is 2.66. The van der Waals surface area contributed by atoms with Crippen molar-refractivity contribution in [2.45, 2.75) is 12.8 Å². The SMILES string of the molecule is COc1ccc2cc(C(C)C(=O)Nc3ccc4[nH]c(=O)[nH]c4c3)ccc2c1. The average molecular weight is 361 g/mol. The fourth-order valence-corrected chi connectivity index (χ4v) is 3.15. The van der Waals surface area contributed by atoms with Gasteiger partial charge in [0.2, 0.25) is 5.91 Å². The van der Waals surface area contributed by atoms with Gasteiger partial charge in [0.05, 0.1) is 24.1 Å². The number of hydrogen-bond acceptors (Lipinski definition) is 3. The number of nitrogens with one attached hydrogen (secondary N) is 3. The summed E-state index contributed by atoms with van der Waals surface area (Å²) in [6.07, 6.45) is 0. The molecular weight excluding hydrogens is 342 g/mol. The second-order valence-corrected chi connectivity index (χ2v) is 6.52. The Hall–Kier alpha value is -3.54. The molecule has 6 nitrogen and oxygen atoms in total. The molecule has 1 aromatic heterocycles. The van der Waals surface area contributed by atoms with E-state index in [1.165, 1.54) is 0 Å². The standard InChI is InChI=1S/C21H19N3O3/c1-12(13-3-4-15-10-17(27-2)7-5-14(15)9-13)20(25)22-16-6-8-18-19(11-16)24-21(26)23-18/h3-12H,1-2H3,(H,22,25)(H2,23,24,26). The second-order valence-electron chi connectivity index (χ2n) is 6.52. The van der Waals surface area contributed by atoms with Gasteiger partial charge in [-0.05, 0) is 53.6 Å². The topological polar surface area (TPSA) is 87.0 Å². The first kappa shape index (κ1) is 16.9. The van der Waals surface area contributed by atoms with Crippen LogP contribution in [0.3, 0.4) is 0 Å². The van der Waals surface area contributed by atoms with Gasteiger partial charge in [-0.3, -0.25) is 4.79 Å². The number of ether oxygens (including phenoxy) is 1. The minimum Gasteiger partial charge on any atom is -0.497 e. The molecule has 0 spiro atoms. The van der Waals surface area contributed by atoms with Gasteiger partial charge >= 0.3 is 5.69 Å². The van der Waals surface area contributed by atoms with Crippen molar-refractivity contribution in [3.8, 4) is 5.75 Å². The van der Waals surface area contributed by atoms with Crippen LogP contribution in [0.5, 0.6) is 5.75 Å². The number of hydrogen-bond donors (Lipinski definition) is 3. The van der Waals surface area contributed by atoms with Gasteiger partial charge < -0.3 is 20.0 Å². The summed E-state index contributed by atoms with van der Waals surface area (Å²) < 4.78 is 5.25. The number of imidazole rings is 1. The molecule has 1 heterocycles.